The van der Waals surface area contributed by atoms with Crippen LogP contribution in [0.1, 0.15) is 38.7 Å². The molecule has 0 bridgehead atoms. The van der Waals surface area contributed by atoms with Gasteiger partial charge in [-0.15, -0.1) is 0 Å². The molecule has 51 heavy (non-hydrogen) atoms. The van der Waals surface area contributed by atoms with Crippen LogP contribution in [-0.4, -0.2) is 118 Å². The molecule has 1 aliphatic heterocycles. The Balaban J connectivity index is 1.50. The number of nitrogens with one attached hydrogen (secondary N) is 6. The minimum absolute atomic E-state index is 0.112. The molecule has 0 saturated carbocycles. The molecule has 0 radical (unpaired) electrons. The van der Waals surface area contributed by atoms with Crippen molar-refractivity contribution in [3.05, 3.63) is 36.0 Å². The summed E-state index contributed by atoms with van der Waals surface area (Å²) in [5.41, 5.74) is 13.1. The van der Waals surface area contributed by atoms with Crippen molar-refractivity contribution in [1.82, 2.24) is 36.5 Å². The summed E-state index contributed by atoms with van der Waals surface area (Å²) in [6, 6.07) is 1.64. The average molecular weight is 732 g/mol. The maximum Gasteiger partial charge on any atom is 0.326 e. The minimum Gasteiger partial charge on any atom is -0.480 e. The lowest BCUT2D eigenvalue weighted by Gasteiger charge is -2.40. The molecule has 1 fully saturated rings. The fourth-order valence-corrected chi connectivity index (χ4v) is 5.61. The summed E-state index contributed by atoms with van der Waals surface area (Å²) in [5.74, 6) is -7.22. The normalized spacial score (nSPS) is 16.7. The van der Waals surface area contributed by atoms with Gasteiger partial charge in [0.1, 0.15) is 24.2 Å². The van der Waals surface area contributed by atoms with Crippen molar-refractivity contribution < 1.29 is 43.5 Å². The lowest BCUT2D eigenvalue weighted by molar-refractivity contribution is -0.158. The zero-order valence-corrected chi connectivity index (χ0v) is 29.2. The van der Waals surface area contributed by atoms with E-state index in [9.17, 15) is 43.5 Å². The molecule has 11 N–H and O–H groups in total. The van der Waals surface area contributed by atoms with Crippen molar-refractivity contribution in [3.8, 4) is 0 Å². The third-order valence-electron chi connectivity index (χ3n) is 8.55. The Labute approximate surface area is 299 Å². The van der Waals surface area contributed by atoms with Crippen molar-refractivity contribution in [2.24, 2.45) is 17.4 Å². The van der Waals surface area contributed by atoms with Crippen LogP contribution >= 0.6 is 12.6 Å². The molecule has 1 aromatic carbocycles. The largest absolute Gasteiger partial charge is 0.480 e. The van der Waals surface area contributed by atoms with Crippen LogP contribution in [-0.2, 0) is 44.8 Å². The first-order valence-electron chi connectivity index (χ1n) is 16.3. The first-order chi connectivity index (χ1) is 24.2. The zero-order chi connectivity index (χ0) is 37.8. The summed E-state index contributed by atoms with van der Waals surface area (Å²) in [5, 5.41) is 22.3. The molecule has 0 spiro atoms. The van der Waals surface area contributed by atoms with Crippen molar-refractivity contribution in [1.29, 1.82) is 0 Å². The lowest BCUT2D eigenvalue weighted by Crippen LogP contribution is -2.62. The topological polar surface area (TPSA) is 288 Å². The number of para-hydroxylation sites is 1. The van der Waals surface area contributed by atoms with Crippen LogP contribution in [0, 0.1) is 5.92 Å². The molecule has 1 aromatic heterocycles. The van der Waals surface area contributed by atoms with Gasteiger partial charge in [0.2, 0.25) is 41.4 Å². The van der Waals surface area contributed by atoms with Crippen LogP contribution < -0.4 is 38.1 Å². The molecule has 1 saturated heterocycles. The number of carboxylic acids is 1. The van der Waals surface area contributed by atoms with E-state index in [0.717, 1.165) is 21.4 Å². The summed E-state index contributed by atoms with van der Waals surface area (Å²) >= 11 is 4.07. The van der Waals surface area contributed by atoms with E-state index in [-0.39, 0.29) is 31.1 Å². The molecule has 19 heteroatoms. The maximum absolute atomic E-state index is 13.1. The summed E-state index contributed by atoms with van der Waals surface area (Å²) in [7, 11) is 0. The van der Waals surface area contributed by atoms with Gasteiger partial charge in [-0.05, 0) is 30.4 Å². The highest BCUT2D eigenvalue weighted by Crippen LogP contribution is 2.20. The number of carbonyl (C=O) groups excluding carboxylic acids is 7. The Morgan fingerprint density at radius 3 is 2.20 bits per heavy atom. The zero-order valence-electron chi connectivity index (χ0n) is 28.3. The van der Waals surface area contributed by atoms with Crippen molar-refractivity contribution in [2.45, 2.75) is 69.7 Å². The number of nitrogens with zero attached hydrogens (tertiary/aromatic N) is 1. The number of carbonyl (C=O) groups is 8. The third kappa shape index (κ3) is 11.2. The van der Waals surface area contributed by atoms with Gasteiger partial charge < -0.3 is 53.0 Å². The number of hydrogen-bond donors (Lipinski definition) is 10. The van der Waals surface area contributed by atoms with Gasteiger partial charge in [-0.1, -0.05) is 38.5 Å². The molecule has 0 unspecified atom stereocenters. The molecule has 2 heterocycles. The average Bonchev–Trinajstić information content (AvgIpc) is 3.47. The highest BCUT2D eigenvalue weighted by molar-refractivity contribution is 7.80. The van der Waals surface area contributed by atoms with E-state index in [1.165, 1.54) is 0 Å². The SMILES string of the molecule is CC[C@H](C)[C@H](NC(=O)CNC(=O)[C@@H](N)Cc1c[nH]c2ccccc12)C(=O)NCC(=O)N[C@@H](CS)C(=O)N[C@@H](CC(N)=O)C(=O)N1CC[C@H]1C(=O)O. The third-order valence-corrected chi connectivity index (χ3v) is 8.92. The van der Waals surface area contributed by atoms with Crippen LogP contribution in [0.15, 0.2) is 30.5 Å². The molecule has 0 aliphatic carbocycles. The highest BCUT2D eigenvalue weighted by Gasteiger charge is 2.41. The Kier molecular flexibility index (Phi) is 14.8. The second-order valence-corrected chi connectivity index (χ2v) is 12.6. The summed E-state index contributed by atoms with van der Waals surface area (Å²) in [4.78, 5) is 104. The van der Waals surface area contributed by atoms with Crippen LogP contribution in [0.2, 0.25) is 0 Å². The van der Waals surface area contributed by atoms with Crippen molar-refractivity contribution in [2.75, 3.05) is 25.4 Å². The maximum atomic E-state index is 13.1. The fraction of sp³-hybridized carbons (Fsp3) is 0.500. The fourth-order valence-electron chi connectivity index (χ4n) is 5.35. The number of H-pyrrole nitrogens is 1. The van der Waals surface area contributed by atoms with Crippen molar-refractivity contribution in [3.63, 3.8) is 0 Å². The molecular formula is C32H45N9O9S. The monoisotopic (exact) mass is 731 g/mol. The second kappa shape index (κ2) is 18.7. The summed E-state index contributed by atoms with van der Waals surface area (Å²) < 4.78 is 0. The molecular weight excluding hydrogens is 686 g/mol. The van der Waals surface area contributed by atoms with Crippen LogP contribution in [0.3, 0.4) is 0 Å². The highest BCUT2D eigenvalue weighted by atomic mass is 32.1. The van der Waals surface area contributed by atoms with Gasteiger partial charge in [-0.2, -0.15) is 12.6 Å². The number of primary amides is 1. The van der Waals surface area contributed by atoms with E-state index >= 15 is 0 Å². The predicted molar refractivity (Wildman–Crippen MR) is 187 cm³/mol. The predicted octanol–water partition coefficient (Wildman–Crippen LogP) is -2.74. The number of aliphatic carboxylic acids is 1. The second-order valence-electron chi connectivity index (χ2n) is 12.2. The number of nitrogens with two attached hydrogens (primary N) is 2. The number of fused-ring (bicyclic) bond motifs is 1. The van der Waals surface area contributed by atoms with Crippen LogP contribution in [0.4, 0.5) is 0 Å². The standard InChI is InChI=1S/C32H45N9O9S/c1-3-16(2)27(40-26(44)14-36-28(45)19(33)10-17-12-35-20-7-5-4-6-18(17)20)30(47)37-13-25(43)38-22(15-51)29(46)39-21(11-24(34)42)31(48)41-9-8-23(41)32(49)50/h4-7,12,16,19,21-23,27,35,51H,3,8-11,13-15,33H2,1-2H3,(H2,34,42)(H,36,45)(H,37,47)(H,38,43)(H,39,46)(H,40,44)(H,49,50)/t16-,19-,21-,22-,23-,27-/m0/s1. The van der Waals surface area contributed by atoms with Gasteiger partial charge in [-0.25, -0.2) is 4.79 Å². The molecule has 3 rings (SSSR count). The van der Waals surface area contributed by atoms with Crippen molar-refractivity contribution >= 4 is 70.9 Å². The van der Waals surface area contributed by atoms with E-state index in [1.807, 2.05) is 24.3 Å². The summed E-state index contributed by atoms with van der Waals surface area (Å²) in [6.07, 6.45) is 2.07. The van der Waals surface area contributed by atoms with Crippen LogP contribution in [0.5, 0.6) is 0 Å². The lowest BCUT2D eigenvalue weighted by atomic mass is 9.98. The number of benzene rings is 1. The molecule has 278 valence electrons. The molecule has 6 atom stereocenters. The Morgan fingerprint density at radius 1 is 0.961 bits per heavy atom. The van der Waals surface area contributed by atoms with E-state index in [1.54, 1.807) is 20.0 Å². The van der Waals surface area contributed by atoms with E-state index in [0.29, 0.717) is 6.42 Å². The van der Waals surface area contributed by atoms with E-state index in [2.05, 4.69) is 44.2 Å². The van der Waals surface area contributed by atoms with Gasteiger partial charge in [0, 0.05) is 29.4 Å². The molecule has 7 amide bonds. The van der Waals surface area contributed by atoms with E-state index < -0.39 is 97.0 Å². The Bertz CT molecular complexity index is 1630. The smallest absolute Gasteiger partial charge is 0.326 e. The number of amides is 7. The van der Waals surface area contributed by atoms with Gasteiger partial charge >= 0.3 is 5.97 Å². The van der Waals surface area contributed by atoms with Crippen LogP contribution in [0.25, 0.3) is 10.9 Å². The first kappa shape index (κ1) is 40.3. The van der Waals surface area contributed by atoms with Gasteiger partial charge in [-0.3, -0.25) is 33.6 Å². The Morgan fingerprint density at radius 2 is 1.61 bits per heavy atom. The Hall–Kier alpha value is -5.17. The first-order valence-corrected chi connectivity index (χ1v) is 17.0. The number of rotatable bonds is 19. The van der Waals surface area contributed by atoms with Gasteiger partial charge in [0.25, 0.3) is 0 Å². The number of hydrogen-bond acceptors (Lipinski definition) is 10. The van der Waals surface area contributed by atoms with Gasteiger partial charge in [0.05, 0.1) is 25.6 Å². The van der Waals surface area contributed by atoms with E-state index in [4.69, 9.17) is 11.5 Å². The minimum atomic E-state index is -1.48. The van der Waals surface area contributed by atoms with Gasteiger partial charge in [0.15, 0.2) is 0 Å². The quantitative estimate of drug-likeness (QED) is 0.0666. The molecule has 1 aliphatic rings. The number of aromatic amines is 1. The number of aromatic nitrogens is 1. The molecule has 18 nitrogen and oxygen atoms in total. The number of likely N-dealkylation sites (tertiary alicyclic amines) is 1. The number of carboxylic acid groups (broad SMARTS) is 1. The number of thiol groups is 1. The molecule has 2 aromatic rings. The summed E-state index contributed by atoms with van der Waals surface area (Å²) in [6.45, 7) is 2.57.